The number of hydrogen-bond donors (Lipinski definition) is 3. The number of carbonyl (C=O) groups is 2. The van der Waals surface area contributed by atoms with Crippen LogP contribution in [0.2, 0.25) is 5.15 Å². The summed E-state index contributed by atoms with van der Waals surface area (Å²) < 4.78 is 5.32. The van der Waals surface area contributed by atoms with Crippen molar-refractivity contribution >= 4 is 29.3 Å². The van der Waals surface area contributed by atoms with E-state index in [0.29, 0.717) is 41.9 Å². The number of rotatable bonds is 9. The first kappa shape index (κ1) is 29.2. The molecule has 44 heavy (non-hydrogen) atoms. The maximum atomic E-state index is 13.8. The van der Waals surface area contributed by atoms with Crippen LogP contribution in [0.5, 0.6) is 0 Å². The van der Waals surface area contributed by atoms with Gasteiger partial charge >= 0.3 is 6.09 Å². The normalized spacial score (nSPS) is 13.3. The largest absolute Gasteiger partial charge is 0.444 e. The van der Waals surface area contributed by atoms with Crippen LogP contribution in [0.1, 0.15) is 44.5 Å². The highest BCUT2D eigenvalue weighted by atomic mass is 35.5. The fraction of sp³-hybridized carbons (Fsp3) is 0.171. The Morgan fingerprint density at radius 2 is 1.66 bits per heavy atom. The summed E-state index contributed by atoms with van der Waals surface area (Å²) in [4.78, 5) is 36.2. The first-order valence-corrected chi connectivity index (χ1v) is 15.0. The van der Waals surface area contributed by atoms with E-state index in [1.165, 1.54) is 0 Å². The molecule has 4 aromatic carbocycles. The van der Waals surface area contributed by atoms with E-state index < -0.39 is 6.09 Å². The second kappa shape index (κ2) is 13.2. The third-order valence-electron chi connectivity index (χ3n) is 7.83. The van der Waals surface area contributed by atoms with Gasteiger partial charge in [0.15, 0.2) is 0 Å². The molecular formula is C35H33ClN5O3+. The van der Waals surface area contributed by atoms with E-state index in [4.69, 9.17) is 21.3 Å². The number of aromatic amines is 1. The lowest BCUT2D eigenvalue weighted by Crippen LogP contribution is -2.47. The molecule has 0 unspecified atom stereocenters. The molecule has 5 aromatic rings. The number of ether oxygens (including phenoxy) is 1. The molecule has 0 saturated carbocycles. The van der Waals surface area contributed by atoms with Crippen LogP contribution in [0.15, 0.2) is 103 Å². The van der Waals surface area contributed by atoms with E-state index in [9.17, 15) is 9.59 Å². The van der Waals surface area contributed by atoms with E-state index in [2.05, 4.69) is 34.2 Å². The van der Waals surface area contributed by atoms with Crippen molar-refractivity contribution in [1.29, 1.82) is 0 Å². The van der Waals surface area contributed by atoms with Crippen molar-refractivity contribution in [2.45, 2.75) is 32.0 Å². The minimum atomic E-state index is -0.541. The number of hydrogen-bond acceptors (Lipinski definition) is 4. The Balaban J connectivity index is 1.22. The Kier molecular flexibility index (Phi) is 8.72. The van der Waals surface area contributed by atoms with Crippen molar-refractivity contribution < 1.29 is 20.1 Å². The van der Waals surface area contributed by atoms with E-state index in [0.717, 1.165) is 39.8 Å². The van der Waals surface area contributed by atoms with Crippen LogP contribution in [-0.4, -0.2) is 33.4 Å². The lowest BCUT2D eigenvalue weighted by atomic mass is 9.94. The second-order valence-corrected chi connectivity index (χ2v) is 11.1. The summed E-state index contributed by atoms with van der Waals surface area (Å²) in [7, 11) is 0. The predicted octanol–water partition coefficient (Wildman–Crippen LogP) is 6.20. The van der Waals surface area contributed by atoms with Gasteiger partial charge in [-0.3, -0.25) is 10.1 Å². The zero-order valence-electron chi connectivity index (χ0n) is 24.1. The Hall–Kier alpha value is -4.92. The molecule has 5 N–H and O–H groups in total. The lowest BCUT2D eigenvalue weighted by molar-refractivity contribution is -0.386. The highest BCUT2D eigenvalue weighted by Crippen LogP contribution is 2.34. The average Bonchev–Trinajstić information content (AvgIpc) is 3.45. The number of anilines is 1. The van der Waals surface area contributed by atoms with E-state index in [-0.39, 0.29) is 18.6 Å². The third kappa shape index (κ3) is 6.51. The number of benzene rings is 4. The number of imidazole rings is 1. The molecule has 8 nitrogen and oxygen atoms in total. The van der Waals surface area contributed by atoms with Gasteiger partial charge in [-0.1, -0.05) is 90.5 Å². The fourth-order valence-electron chi connectivity index (χ4n) is 5.51. The number of quaternary nitrogens is 1. The summed E-state index contributed by atoms with van der Waals surface area (Å²) >= 11 is 6.72. The lowest BCUT2D eigenvalue weighted by Gasteiger charge is -2.35. The van der Waals surface area contributed by atoms with Crippen molar-refractivity contribution in [3.05, 3.63) is 142 Å². The van der Waals surface area contributed by atoms with Crippen LogP contribution in [0, 0.1) is 0 Å². The highest BCUT2D eigenvalue weighted by molar-refractivity contribution is 6.31. The third-order valence-corrected chi connectivity index (χ3v) is 8.10. The van der Waals surface area contributed by atoms with Crippen LogP contribution in [0.3, 0.4) is 0 Å². The minimum absolute atomic E-state index is 0.0218. The van der Waals surface area contributed by atoms with Crippen molar-refractivity contribution in [3.63, 3.8) is 0 Å². The molecule has 1 aliphatic heterocycles. The van der Waals surface area contributed by atoms with Crippen molar-refractivity contribution in [2.24, 2.45) is 0 Å². The molecule has 0 spiro atoms. The quantitative estimate of drug-likeness (QED) is 0.185. The molecular weight excluding hydrogens is 574 g/mol. The molecule has 0 radical (unpaired) electrons. The van der Waals surface area contributed by atoms with Gasteiger partial charge in [-0.25, -0.2) is 9.78 Å². The maximum Gasteiger partial charge on any atom is 0.411 e. The number of H-pyrrole nitrogens is 1. The van der Waals surface area contributed by atoms with Crippen molar-refractivity contribution in [1.82, 2.24) is 14.9 Å². The summed E-state index contributed by atoms with van der Waals surface area (Å²) in [5.41, 5.74) is 10.8. The smallest absolute Gasteiger partial charge is 0.411 e. The molecule has 2 amide bonds. The fourth-order valence-corrected chi connectivity index (χ4v) is 5.76. The molecule has 1 atom stereocenters. The summed E-state index contributed by atoms with van der Waals surface area (Å²) in [5.74, 6) is 0.596. The summed E-state index contributed by atoms with van der Waals surface area (Å²) in [6.45, 7) is 1.44. The summed E-state index contributed by atoms with van der Waals surface area (Å²) in [5, 5.41) is 3.13. The van der Waals surface area contributed by atoms with Gasteiger partial charge in [0.1, 0.15) is 23.3 Å². The summed E-state index contributed by atoms with van der Waals surface area (Å²) in [6.07, 6.45) is 0.792. The van der Waals surface area contributed by atoms with Gasteiger partial charge < -0.3 is 20.4 Å². The number of nitrogens with one attached hydrogen (secondary N) is 2. The molecule has 222 valence electrons. The van der Waals surface area contributed by atoms with Gasteiger partial charge in [-0.2, -0.15) is 0 Å². The van der Waals surface area contributed by atoms with Crippen LogP contribution in [0.4, 0.5) is 10.5 Å². The molecule has 6 rings (SSSR count). The van der Waals surface area contributed by atoms with Gasteiger partial charge in [0, 0.05) is 35.3 Å². The maximum absolute atomic E-state index is 13.8. The number of carbonyl (C=O) groups excluding carboxylic acids is 2. The molecule has 9 heteroatoms. The monoisotopic (exact) mass is 606 g/mol. The standard InChI is InChI=1S/C35H32ClN5O3/c36-32-31(26-12-14-28(15-13-26)38-35(43)44-22-24-9-5-2-6-10-24)39-33(40-32)30(20-23-7-3-1-4-8-23)41-18-17-27-19-25(21-37)11-16-29(27)34(41)42/h1-16,19,30H,17-18,20-22,37H2,(H,38,43)(H,39,40)/p+1/t30-/m0/s1. The molecule has 2 heterocycles. The van der Waals surface area contributed by atoms with Gasteiger partial charge in [-0.05, 0) is 47.4 Å². The van der Waals surface area contributed by atoms with Gasteiger partial charge in [0.2, 0.25) is 0 Å². The number of nitrogens with zero attached hydrogens (tertiary/aromatic N) is 2. The Morgan fingerprint density at radius 3 is 2.36 bits per heavy atom. The predicted molar refractivity (Wildman–Crippen MR) is 170 cm³/mol. The Bertz CT molecular complexity index is 1760. The average molecular weight is 607 g/mol. The van der Waals surface area contributed by atoms with Gasteiger partial charge in [0.05, 0.1) is 12.6 Å². The summed E-state index contributed by atoms with van der Waals surface area (Å²) in [6, 6.07) is 32.4. The van der Waals surface area contributed by atoms with Crippen LogP contribution < -0.4 is 11.1 Å². The molecule has 1 aromatic heterocycles. The molecule has 1 aliphatic rings. The Morgan fingerprint density at radius 1 is 0.955 bits per heavy atom. The number of aromatic nitrogens is 2. The highest BCUT2D eigenvalue weighted by Gasteiger charge is 2.33. The van der Waals surface area contributed by atoms with E-state index in [1.54, 1.807) is 12.1 Å². The van der Waals surface area contributed by atoms with E-state index >= 15 is 0 Å². The topological polar surface area (TPSA) is 115 Å². The Labute approximate surface area is 260 Å². The number of amides is 2. The molecule has 0 saturated heterocycles. The molecule has 0 bridgehead atoms. The minimum Gasteiger partial charge on any atom is -0.444 e. The van der Waals surface area contributed by atoms with Crippen LogP contribution in [-0.2, 0) is 30.7 Å². The van der Waals surface area contributed by atoms with Gasteiger partial charge in [-0.15, -0.1) is 0 Å². The second-order valence-electron chi connectivity index (χ2n) is 10.7. The first-order chi connectivity index (χ1) is 21.5. The zero-order valence-corrected chi connectivity index (χ0v) is 24.9. The number of halogens is 1. The molecule has 0 aliphatic carbocycles. The van der Waals surface area contributed by atoms with Crippen molar-refractivity contribution in [2.75, 3.05) is 11.9 Å². The molecule has 0 fully saturated rings. The van der Waals surface area contributed by atoms with Crippen LogP contribution >= 0.6 is 11.6 Å². The van der Waals surface area contributed by atoms with E-state index in [1.807, 2.05) is 77.7 Å². The van der Waals surface area contributed by atoms with Gasteiger partial charge in [0.25, 0.3) is 5.91 Å². The first-order valence-electron chi connectivity index (χ1n) is 14.6. The van der Waals surface area contributed by atoms with Crippen molar-refractivity contribution in [3.8, 4) is 11.3 Å². The zero-order chi connectivity index (χ0) is 30.5. The SMILES string of the molecule is [NH3+]Cc1ccc2c(c1)CCN([C@@H](Cc1ccccc1)c1nc(-c3ccc(NC(=O)OCc4ccccc4)cc3)c(Cl)[nH]1)C2=O. The number of fused-ring (bicyclic) bond motifs is 1. The van der Waals surface area contributed by atoms with Crippen LogP contribution in [0.25, 0.3) is 11.3 Å².